The van der Waals surface area contributed by atoms with Crippen LogP contribution in [0.5, 0.6) is 0 Å². The van der Waals surface area contributed by atoms with Gasteiger partial charge >= 0.3 is 0 Å². The molecule has 24 heavy (non-hydrogen) atoms. The first kappa shape index (κ1) is 18.7. The first-order chi connectivity index (χ1) is 11.5. The summed E-state index contributed by atoms with van der Waals surface area (Å²) in [5.41, 5.74) is 0.451. The maximum absolute atomic E-state index is 5.13. The minimum Gasteiger partial charge on any atom is -0.356 e. The molecule has 136 valence electrons. The minimum atomic E-state index is 0.451. The van der Waals surface area contributed by atoms with E-state index in [1.54, 1.807) is 0 Å². The molecule has 0 spiro atoms. The number of hydrogen-bond donors (Lipinski definition) is 2. The summed E-state index contributed by atoms with van der Waals surface area (Å²) in [6.07, 6.45) is 8.44. The number of hydrogen-bond acceptors (Lipinski definition) is 4. The molecule has 0 amide bonds. The molecule has 0 atom stereocenters. The highest BCUT2D eigenvalue weighted by atomic mass is 16.5. The molecule has 0 bridgehead atoms. The van der Waals surface area contributed by atoms with Gasteiger partial charge in [-0.15, -0.1) is 0 Å². The fraction of sp³-hybridized carbons (Fsp3) is 0.833. The molecule has 1 aliphatic carbocycles. The Balaban J connectivity index is 1.71. The molecule has 1 aromatic heterocycles. The summed E-state index contributed by atoms with van der Waals surface area (Å²) in [5.74, 6) is 3.05. The van der Waals surface area contributed by atoms with Gasteiger partial charge in [0.05, 0.1) is 0 Å². The van der Waals surface area contributed by atoms with Crippen LogP contribution in [0, 0.1) is 18.3 Å². The fourth-order valence-corrected chi connectivity index (χ4v) is 3.82. The zero-order valence-electron chi connectivity index (χ0n) is 15.7. The molecule has 6 nitrogen and oxygen atoms in total. The van der Waals surface area contributed by atoms with Gasteiger partial charge in [-0.3, -0.25) is 4.99 Å². The van der Waals surface area contributed by atoms with Gasteiger partial charge in [-0.25, -0.2) is 0 Å². The van der Waals surface area contributed by atoms with Gasteiger partial charge in [0.1, 0.15) is 0 Å². The van der Waals surface area contributed by atoms with Gasteiger partial charge in [-0.2, -0.15) is 4.98 Å². The van der Waals surface area contributed by atoms with Crippen LogP contribution in [-0.4, -0.2) is 36.2 Å². The van der Waals surface area contributed by atoms with Gasteiger partial charge in [-0.05, 0) is 43.9 Å². The van der Waals surface area contributed by atoms with Crippen LogP contribution in [0.1, 0.15) is 64.1 Å². The van der Waals surface area contributed by atoms with Gasteiger partial charge in [0.15, 0.2) is 11.8 Å². The topological polar surface area (TPSA) is 75.3 Å². The first-order valence-corrected chi connectivity index (χ1v) is 9.27. The van der Waals surface area contributed by atoms with Crippen LogP contribution in [0.3, 0.4) is 0 Å². The number of rotatable bonds is 8. The quantitative estimate of drug-likeness (QED) is 0.434. The van der Waals surface area contributed by atoms with Crippen molar-refractivity contribution in [3.63, 3.8) is 0 Å². The van der Waals surface area contributed by atoms with E-state index in [2.05, 4.69) is 39.6 Å². The van der Waals surface area contributed by atoms with Gasteiger partial charge in [0.25, 0.3) is 0 Å². The van der Waals surface area contributed by atoms with E-state index in [0.29, 0.717) is 17.1 Å². The lowest BCUT2D eigenvalue weighted by atomic mass is 9.78. The molecule has 6 heteroatoms. The summed E-state index contributed by atoms with van der Waals surface area (Å²) in [4.78, 5) is 8.57. The normalized spacial score (nSPS) is 17.5. The Kier molecular flexibility index (Phi) is 7.06. The molecule has 0 saturated heterocycles. The lowest BCUT2D eigenvalue weighted by Gasteiger charge is -2.31. The van der Waals surface area contributed by atoms with Crippen molar-refractivity contribution in [3.8, 4) is 0 Å². The van der Waals surface area contributed by atoms with Crippen molar-refractivity contribution in [1.82, 2.24) is 20.8 Å². The standard InChI is InChI=1S/C18H33N5O/c1-14(2)12-18(9-5-6-10-18)13-21-17(19-4)20-11-7-8-16-22-15(3)23-24-16/h14H,5-13H2,1-4H3,(H2,19,20,21). The Morgan fingerprint density at radius 1 is 1.29 bits per heavy atom. The van der Waals surface area contributed by atoms with Gasteiger partial charge in [-0.1, -0.05) is 31.8 Å². The number of nitrogens with zero attached hydrogens (tertiary/aromatic N) is 3. The van der Waals surface area contributed by atoms with Gasteiger partial charge in [0, 0.05) is 26.6 Å². The van der Waals surface area contributed by atoms with E-state index in [-0.39, 0.29) is 0 Å². The lowest BCUT2D eigenvalue weighted by molar-refractivity contribution is 0.235. The molecule has 1 heterocycles. The van der Waals surface area contributed by atoms with Crippen molar-refractivity contribution in [1.29, 1.82) is 0 Å². The Morgan fingerprint density at radius 3 is 2.62 bits per heavy atom. The molecule has 1 saturated carbocycles. The third-order valence-electron chi connectivity index (χ3n) is 4.79. The Labute approximate surface area is 145 Å². The number of aromatic nitrogens is 2. The van der Waals surface area contributed by atoms with E-state index in [4.69, 9.17) is 4.52 Å². The van der Waals surface area contributed by atoms with E-state index in [1.807, 2.05) is 14.0 Å². The van der Waals surface area contributed by atoms with Gasteiger partial charge in [0.2, 0.25) is 5.89 Å². The molecule has 1 aliphatic rings. The zero-order chi connectivity index (χ0) is 17.4. The van der Waals surface area contributed by atoms with Crippen molar-refractivity contribution >= 4 is 5.96 Å². The number of aryl methyl sites for hydroxylation is 2. The average Bonchev–Trinajstić information content (AvgIpc) is 3.16. The molecule has 2 rings (SSSR count). The Bertz CT molecular complexity index is 517. The number of guanidine groups is 1. The second kappa shape index (κ2) is 9.04. The predicted molar refractivity (Wildman–Crippen MR) is 97.1 cm³/mol. The maximum atomic E-state index is 5.13. The molecule has 0 radical (unpaired) electrons. The Hall–Kier alpha value is -1.59. The van der Waals surface area contributed by atoms with E-state index < -0.39 is 0 Å². The first-order valence-electron chi connectivity index (χ1n) is 9.27. The zero-order valence-corrected chi connectivity index (χ0v) is 15.7. The number of nitrogens with one attached hydrogen (secondary N) is 2. The maximum Gasteiger partial charge on any atom is 0.226 e. The van der Waals surface area contributed by atoms with Crippen molar-refractivity contribution < 1.29 is 4.52 Å². The molecule has 0 unspecified atom stereocenters. The number of aliphatic imine (C=N–C) groups is 1. The summed E-state index contributed by atoms with van der Waals surface area (Å²) in [7, 11) is 1.83. The highest BCUT2D eigenvalue weighted by Crippen LogP contribution is 2.42. The van der Waals surface area contributed by atoms with Crippen LogP contribution in [0.4, 0.5) is 0 Å². The SMILES string of the molecule is CN=C(NCCCc1nc(C)no1)NCC1(CC(C)C)CCCC1. The van der Waals surface area contributed by atoms with Crippen LogP contribution in [0.2, 0.25) is 0 Å². The van der Waals surface area contributed by atoms with Gasteiger partial charge < -0.3 is 15.2 Å². The van der Waals surface area contributed by atoms with E-state index in [0.717, 1.165) is 37.8 Å². The third kappa shape index (κ3) is 5.80. The average molecular weight is 335 g/mol. The van der Waals surface area contributed by atoms with Crippen LogP contribution < -0.4 is 10.6 Å². The van der Waals surface area contributed by atoms with Crippen LogP contribution in [0.15, 0.2) is 9.52 Å². The molecule has 0 aromatic carbocycles. The monoisotopic (exact) mass is 335 g/mol. The van der Waals surface area contributed by atoms with Crippen molar-refractivity contribution in [2.45, 2.75) is 65.7 Å². The second-order valence-electron chi connectivity index (χ2n) is 7.50. The summed E-state index contributed by atoms with van der Waals surface area (Å²) in [6.45, 7) is 8.36. The molecule has 0 aliphatic heterocycles. The van der Waals surface area contributed by atoms with Crippen LogP contribution in [0.25, 0.3) is 0 Å². The lowest BCUT2D eigenvalue weighted by Crippen LogP contribution is -2.43. The summed E-state index contributed by atoms with van der Waals surface area (Å²) in [5, 5.41) is 10.7. The van der Waals surface area contributed by atoms with E-state index in [1.165, 1.54) is 32.1 Å². The molecular weight excluding hydrogens is 302 g/mol. The van der Waals surface area contributed by atoms with Crippen LogP contribution >= 0.6 is 0 Å². The van der Waals surface area contributed by atoms with Crippen molar-refractivity contribution in [3.05, 3.63) is 11.7 Å². The molecule has 2 N–H and O–H groups in total. The largest absolute Gasteiger partial charge is 0.356 e. The highest BCUT2D eigenvalue weighted by Gasteiger charge is 2.34. The predicted octanol–water partition coefficient (Wildman–Crippen LogP) is 3.08. The molecule has 1 aromatic rings. The second-order valence-corrected chi connectivity index (χ2v) is 7.50. The van der Waals surface area contributed by atoms with Crippen molar-refractivity contribution in [2.24, 2.45) is 16.3 Å². The molecular formula is C18H33N5O. The summed E-state index contributed by atoms with van der Waals surface area (Å²) >= 11 is 0. The Morgan fingerprint density at radius 2 is 2.04 bits per heavy atom. The van der Waals surface area contributed by atoms with E-state index in [9.17, 15) is 0 Å². The molecule has 1 fully saturated rings. The van der Waals surface area contributed by atoms with Crippen molar-refractivity contribution in [2.75, 3.05) is 20.1 Å². The third-order valence-corrected chi connectivity index (χ3v) is 4.79. The minimum absolute atomic E-state index is 0.451. The van der Waals surface area contributed by atoms with Crippen LogP contribution in [-0.2, 0) is 6.42 Å². The fourth-order valence-electron chi connectivity index (χ4n) is 3.82. The highest BCUT2D eigenvalue weighted by molar-refractivity contribution is 5.79. The smallest absolute Gasteiger partial charge is 0.226 e. The van der Waals surface area contributed by atoms with E-state index >= 15 is 0 Å². The summed E-state index contributed by atoms with van der Waals surface area (Å²) in [6, 6.07) is 0. The summed E-state index contributed by atoms with van der Waals surface area (Å²) < 4.78 is 5.13.